The Hall–Kier alpha value is -2.63. The van der Waals surface area contributed by atoms with Gasteiger partial charge in [-0.3, -0.25) is 9.78 Å². The third kappa shape index (κ3) is 3.16. The number of rotatable bonds is 3. The highest BCUT2D eigenvalue weighted by Gasteiger charge is 2.43. The number of nitrogens with two attached hydrogens (primary N) is 1. The van der Waals surface area contributed by atoms with Gasteiger partial charge in [0.05, 0.1) is 18.1 Å². The van der Waals surface area contributed by atoms with Gasteiger partial charge in [-0.15, -0.1) is 0 Å². The number of Topliss-reactive ketones (excluding diaryl/α,β-unsaturated/α-hetero) is 1. The number of carbonyl (C=O) groups is 2. The van der Waals surface area contributed by atoms with Gasteiger partial charge in [-0.2, -0.15) is 0 Å². The van der Waals surface area contributed by atoms with Gasteiger partial charge in [-0.25, -0.2) is 4.79 Å². The molecule has 1 aromatic heterocycles. The lowest BCUT2D eigenvalue weighted by Crippen LogP contribution is -2.41. The van der Waals surface area contributed by atoms with Crippen molar-refractivity contribution < 1.29 is 14.3 Å². The summed E-state index contributed by atoms with van der Waals surface area (Å²) in [5.41, 5.74) is 8.46. The minimum absolute atomic E-state index is 0.0295. The van der Waals surface area contributed by atoms with Crippen LogP contribution in [-0.4, -0.2) is 23.3 Å². The Bertz CT molecular complexity index is 778. The Labute approximate surface area is 147 Å². The van der Waals surface area contributed by atoms with E-state index in [4.69, 9.17) is 10.5 Å². The predicted octanol–water partition coefficient (Wildman–Crippen LogP) is 2.14. The summed E-state index contributed by atoms with van der Waals surface area (Å²) < 4.78 is 5.19. The van der Waals surface area contributed by atoms with E-state index < -0.39 is 11.9 Å². The highest BCUT2D eigenvalue weighted by molar-refractivity contribution is 6.04. The maximum absolute atomic E-state index is 12.9. The fraction of sp³-hybridized carbons (Fsp3) is 0.421. The van der Waals surface area contributed by atoms with Gasteiger partial charge in [0.2, 0.25) is 0 Å². The number of ether oxygens (including phenoxy) is 1. The van der Waals surface area contributed by atoms with Gasteiger partial charge in [-0.1, -0.05) is 19.9 Å². The quantitative estimate of drug-likeness (QED) is 0.818. The topological polar surface area (TPSA) is 94.3 Å². The monoisotopic (exact) mass is 341 g/mol. The average Bonchev–Trinajstić information content (AvgIpc) is 2.53. The molecule has 0 saturated heterocycles. The second-order valence-electron chi connectivity index (χ2n) is 7.23. The zero-order chi connectivity index (χ0) is 18.2. The van der Waals surface area contributed by atoms with Crippen LogP contribution < -0.4 is 11.1 Å². The highest BCUT2D eigenvalue weighted by Crippen LogP contribution is 2.46. The van der Waals surface area contributed by atoms with E-state index >= 15 is 0 Å². The maximum Gasteiger partial charge on any atom is 0.338 e. The van der Waals surface area contributed by atoms with E-state index in [1.807, 2.05) is 6.07 Å². The standard InChI is InChI=1S/C19H23N3O3/c1-4-25-18(24)16-14(11-6-5-7-21-10-11)15-12(22-17(16)20)8-19(2,3)9-13(15)23/h5-7,10,14,22H,4,8-9,20H2,1-3H3/t14-/m0/s1. The van der Waals surface area contributed by atoms with Gasteiger partial charge >= 0.3 is 5.97 Å². The first-order valence-corrected chi connectivity index (χ1v) is 8.44. The van der Waals surface area contributed by atoms with Crippen molar-refractivity contribution in [3.8, 4) is 0 Å². The first-order valence-electron chi connectivity index (χ1n) is 8.44. The molecule has 132 valence electrons. The summed E-state index contributed by atoms with van der Waals surface area (Å²) in [5, 5.41) is 3.09. The number of hydrogen-bond donors (Lipinski definition) is 2. The van der Waals surface area contributed by atoms with Gasteiger partial charge in [0.25, 0.3) is 0 Å². The zero-order valence-corrected chi connectivity index (χ0v) is 14.8. The molecule has 0 radical (unpaired) electrons. The lowest BCUT2D eigenvalue weighted by atomic mass is 9.69. The van der Waals surface area contributed by atoms with Gasteiger partial charge in [0, 0.05) is 30.1 Å². The van der Waals surface area contributed by atoms with E-state index in [1.165, 1.54) is 0 Å². The molecule has 0 bridgehead atoms. The summed E-state index contributed by atoms with van der Waals surface area (Å²) >= 11 is 0. The summed E-state index contributed by atoms with van der Waals surface area (Å²) in [6, 6.07) is 3.64. The third-order valence-electron chi connectivity index (χ3n) is 4.59. The van der Waals surface area contributed by atoms with Crippen LogP contribution in [0.5, 0.6) is 0 Å². The van der Waals surface area contributed by atoms with Crippen LogP contribution in [0.2, 0.25) is 0 Å². The normalized spacial score (nSPS) is 22.4. The first-order chi connectivity index (χ1) is 11.8. The molecule has 1 aliphatic heterocycles. The Morgan fingerprint density at radius 2 is 2.20 bits per heavy atom. The van der Waals surface area contributed by atoms with Crippen LogP contribution in [0.3, 0.4) is 0 Å². The number of esters is 1. The summed E-state index contributed by atoms with van der Waals surface area (Å²) in [7, 11) is 0. The molecule has 0 amide bonds. The molecule has 0 aromatic carbocycles. The summed E-state index contributed by atoms with van der Waals surface area (Å²) in [6.07, 6.45) is 4.45. The highest BCUT2D eigenvalue weighted by atomic mass is 16.5. The van der Waals surface area contributed by atoms with Crippen molar-refractivity contribution in [1.29, 1.82) is 0 Å². The predicted molar refractivity (Wildman–Crippen MR) is 93.0 cm³/mol. The first kappa shape index (κ1) is 17.2. The molecule has 1 aromatic rings. The lowest BCUT2D eigenvalue weighted by Gasteiger charge is -2.39. The Kier molecular flexibility index (Phi) is 4.37. The number of nitrogens with one attached hydrogen (secondary N) is 1. The number of pyridine rings is 1. The van der Waals surface area contributed by atoms with E-state index in [0.717, 1.165) is 11.3 Å². The lowest BCUT2D eigenvalue weighted by molar-refractivity contribution is -0.138. The van der Waals surface area contributed by atoms with Crippen molar-refractivity contribution >= 4 is 11.8 Å². The molecule has 6 heteroatoms. The van der Waals surface area contributed by atoms with Crippen LogP contribution in [0, 0.1) is 5.41 Å². The average molecular weight is 341 g/mol. The Balaban J connectivity index is 2.16. The second-order valence-corrected chi connectivity index (χ2v) is 7.23. The molecule has 1 aliphatic carbocycles. The number of nitrogens with zero attached hydrogens (tertiary/aromatic N) is 1. The van der Waals surface area contributed by atoms with Gasteiger partial charge in [0.1, 0.15) is 5.82 Å². The van der Waals surface area contributed by atoms with Crippen LogP contribution in [0.4, 0.5) is 0 Å². The van der Waals surface area contributed by atoms with Gasteiger partial charge < -0.3 is 15.8 Å². The molecule has 6 nitrogen and oxygen atoms in total. The molecular weight excluding hydrogens is 318 g/mol. The summed E-state index contributed by atoms with van der Waals surface area (Å²) in [5.74, 6) is -0.781. The smallest absolute Gasteiger partial charge is 0.338 e. The van der Waals surface area contributed by atoms with Gasteiger partial charge in [-0.05, 0) is 30.4 Å². The minimum Gasteiger partial charge on any atom is -0.463 e. The largest absolute Gasteiger partial charge is 0.463 e. The molecular formula is C19H23N3O3. The molecule has 3 N–H and O–H groups in total. The van der Waals surface area contributed by atoms with Crippen LogP contribution in [0.25, 0.3) is 0 Å². The van der Waals surface area contributed by atoms with E-state index in [2.05, 4.69) is 24.1 Å². The number of dihydropyridines is 1. The Morgan fingerprint density at radius 3 is 2.84 bits per heavy atom. The maximum atomic E-state index is 12.9. The fourth-order valence-electron chi connectivity index (χ4n) is 3.63. The molecule has 1 atom stereocenters. The molecule has 0 saturated carbocycles. The molecule has 0 fully saturated rings. The van der Waals surface area contributed by atoms with Crippen molar-refractivity contribution in [2.45, 2.75) is 39.5 Å². The minimum atomic E-state index is -0.549. The number of hydrogen-bond acceptors (Lipinski definition) is 6. The molecule has 2 aliphatic rings. The van der Waals surface area contributed by atoms with Crippen molar-refractivity contribution in [1.82, 2.24) is 10.3 Å². The molecule has 0 spiro atoms. The molecule has 3 rings (SSSR count). The van der Waals surface area contributed by atoms with Crippen LogP contribution in [-0.2, 0) is 14.3 Å². The van der Waals surface area contributed by atoms with Crippen LogP contribution >= 0.6 is 0 Å². The third-order valence-corrected chi connectivity index (χ3v) is 4.59. The number of ketones is 1. The summed E-state index contributed by atoms with van der Waals surface area (Å²) in [6.45, 7) is 6.08. The van der Waals surface area contributed by atoms with Gasteiger partial charge in [0.15, 0.2) is 5.78 Å². The van der Waals surface area contributed by atoms with E-state index in [1.54, 1.807) is 25.4 Å². The summed E-state index contributed by atoms with van der Waals surface area (Å²) in [4.78, 5) is 29.6. The van der Waals surface area contributed by atoms with E-state index in [9.17, 15) is 9.59 Å². The molecule has 2 heterocycles. The molecule has 0 unspecified atom stereocenters. The number of allylic oxidation sites excluding steroid dienone is 2. The molecule has 25 heavy (non-hydrogen) atoms. The fourth-order valence-corrected chi connectivity index (χ4v) is 3.63. The SMILES string of the molecule is CCOC(=O)C1=C(N)NC2=C(C(=O)CC(C)(C)C2)[C@@H]1c1cccnc1. The van der Waals surface area contributed by atoms with Crippen molar-refractivity contribution in [3.63, 3.8) is 0 Å². The zero-order valence-electron chi connectivity index (χ0n) is 14.8. The van der Waals surface area contributed by atoms with Crippen molar-refractivity contribution in [2.24, 2.45) is 11.1 Å². The number of aromatic nitrogens is 1. The van der Waals surface area contributed by atoms with Crippen LogP contribution in [0.15, 0.2) is 47.2 Å². The van der Waals surface area contributed by atoms with Crippen LogP contribution in [0.1, 0.15) is 45.1 Å². The van der Waals surface area contributed by atoms with E-state index in [-0.39, 0.29) is 29.2 Å². The number of carbonyl (C=O) groups excluding carboxylic acids is 2. The van der Waals surface area contributed by atoms with E-state index in [0.29, 0.717) is 18.4 Å². The second kappa shape index (κ2) is 6.35. The Morgan fingerprint density at radius 1 is 1.44 bits per heavy atom. The van der Waals surface area contributed by atoms with Crippen molar-refractivity contribution in [3.05, 3.63) is 52.8 Å². The van der Waals surface area contributed by atoms with Crippen molar-refractivity contribution in [2.75, 3.05) is 6.61 Å².